The van der Waals surface area contributed by atoms with Gasteiger partial charge in [-0.1, -0.05) is 19.6 Å². The molecule has 0 fully saturated rings. The molecule has 82 valence electrons. The molecule has 1 rings (SSSR count). The van der Waals surface area contributed by atoms with Gasteiger partial charge in [0.2, 0.25) is 0 Å². The Labute approximate surface area is 91.5 Å². The van der Waals surface area contributed by atoms with E-state index in [0.29, 0.717) is 18.1 Å². The van der Waals surface area contributed by atoms with Crippen molar-refractivity contribution in [2.24, 2.45) is 7.05 Å². The zero-order chi connectivity index (χ0) is 11.5. The van der Waals surface area contributed by atoms with E-state index in [-0.39, 0.29) is 0 Å². The first-order valence-electron chi connectivity index (χ1n) is 4.99. The van der Waals surface area contributed by atoms with Gasteiger partial charge in [0.1, 0.15) is 11.6 Å². The largest absolute Gasteiger partial charge is 0.476 e. The fourth-order valence-electron chi connectivity index (χ4n) is 1.11. The highest BCUT2D eigenvalue weighted by Gasteiger charge is 2.14. The molecule has 0 amide bonds. The molecule has 0 spiro atoms. The Kier molecular flexibility index (Phi) is 3.53. The fourth-order valence-corrected chi connectivity index (χ4v) is 1.82. The SMILES string of the molecule is Cn1cc(C#N)c(OCC[Si](C)(C)C)n1. The van der Waals surface area contributed by atoms with E-state index in [1.54, 1.807) is 17.9 Å². The number of nitriles is 1. The first-order chi connectivity index (χ1) is 6.92. The Morgan fingerprint density at radius 3 is 2.73 bits per heavy atom. The summed E-state index contributed by atoms with van der Waals surface area (Å²) in [4.78, 5) is 0. The molecule has 0 aliphatic carbocycles. The molecule has 15 heavy (non-hydrogen) atoms. The predicted molar refractivity (Wildman–Crippen MR) is 61.6 cm³/mol. The highest BCUT2D eigenvalue weighted by atomic mass is 28.3. The lowest BCUT2D eigenvalue weighted by Gasteiger charge is -2.14. The number of hydrogen-bond acceptors (Lipinski definition) is 3. The van der Waals surface area contributed by atoms with Crippen LogP contribution in [0.25, 0.3) is 0 Å². The monoisotopic (exact) mass is 223 g/mol. The number of rotatable bonds is 4. The van der Waals surface area contributed by atoms with E-state index in [0.717, 1.165) is 6.04 Å². The van der Waals surface area contributed by atoms with Crippen LogP contribution in [0.15, 0.2) is 6.20 Å². The molecule has 1 aromatic heterocycles. The molecule has 0 atom stereocenters. The average Bonchev–Trinajstić information content (AvgIpc) is 2.44. The first kappa shape index (κ1) is 11.8. The molecule has 5 heteroatoms. The van der Waals surface area contributed by atoms with Gasteiger partial charge in [0.25, 0.3) is 5.88 Å². The Hall–Kier alpha value is -1.28. The summed E-state index contributed by atoms with van der Waals surface area (Å²) >= 11 is 0. The molecule has 0 saturated carbocycles. The van der Waals surface area contributed by atoms with Crippen molar-refractivity contribution in [2.45, 2.75) is 25.7 Å². The summed E-state index contributed by atoms with van der Waals surface area (Å²) in [5.41, 5.74) is 0.507. The van der Waals surface area contributed by atoms with Gasteiger partial charge in [-0.15, -0.1) is 5.10 Å². The summed E-state index contributed by atoms with van der Waals surface area (Å²) < 4.78 is 7.10. The summed E-state index contributed by atoms with van der Waals surface area (Å²) in [6, 6.07) is 3.14. The van der Waals surface area contributed by atoms with E-state index in [1.165, 1.54) is 0 Å². The molecule has 0 aliphatic heterocycles. The van der Waals surface area contributed by atoms with Gasteiger partial charge in [-0.25, -0.2) is 0 Å². The molecule has 0 saturated heterocycles. The van der Waals surface area contributed by atoms with Crippen molar-refractivity contribution in [3.05, 3.63) is 11.8 Å². The van der Waals surface area contributed by atoms with Gasteiger partial charge in [-0.05, 0) is 6.04 Å². The summed E-state index contributed by atoms with van der Waals surface area (Å²) in [7, 11) is 0.710. The van der Waals surface area contributed by atoms with Gasteiger partial charge < -0.3 is 4.74 Å². The van der Waals surface area contributed by atoms with Crippen LogP contribution in [0.2, 0.25) is 25.7 Å². The normalized spacial score (nSPS) is 11.1. The lowest BCUT2D eigenvalue weighted by molar-refractivity contribution is 0.320. The van der Waals surface area contributed by atoms with Crippen LogP contribution in [0.1, 0.15) is 5.56 Å². The van der Waals surface area contributed by atoms with Gasteiger partial charge >= 0.3 is 0 Å². The predicted octanol–water partition coefficient (Wildman–Crippen LogP) is 2.01. The van der Waals surface area contributed by atoms with Crippen LogP contribution >= 0.6 is 0 Å². The highest BCUT2D eigenvalue weighted by molar-refractivity contribution is 6.76. The van der Waals surface area contributed by atoms with Gasteiger partial charge in [0.05, 0.1) is 6.61 Å². The minimum absolute atomic E-state index is 0.457. The second kappa shape index (κ2) is 4.49. The van der Waals surface area contributed by atoms with Crippen molar-refractivity contribution in [2.75, 3.05) is 6.61 Å². The zero-order valence-electron chi connectivity index (χ0n) is 9.74. The fraction of sp³-hybridized carbons (Fsp3) is 0.600. The molecule has 1 aromatic rings. The van der Waals surface area contributed by atoms with Crippen molar-refractivity contribution < 1.29 is 4.74 Å². The minimum atomic E-state index is -1.07. The smallest absolute Gasteiger partial charge is 0.250 e. The van der Waals surface area contributed by atoms with Crippen molar-refractivity contribution in [1.29, 1.82) is 5.26 Å². The Morgan fingerprint density at radius 1 is 1.53 bits per heavy atom. The average molecular weight is 223 g/mol. The molecule has 0 unspecified atom stereocenters. The highest BCUT2D eigenvalue weighted by Crippen LogP contribution is 2.15. The number of ether oxygens (including phenoxy) is 1. The molecule has 0 aromatic carbocycles. The van der Waals surface area contributed by atoms with Crippen LogP contribution in [0.3, 0.4) is 0 Å². The van der Waals surface area contributed by atoms with Gasteiger partial charge in [0.15, 0.2) is 0 Å². The van der Waals surface area contributed by atoms with E-state index >= 15 is 0 Å². The third-order valence-electron chi connectivity index (χ3n) is 2.01. The van der Waals surface area contributed by atoms with Gasteiger partial charge in [-0.3, -0.25) is 4.68 Å². The Morgan fingerprint density at radius 2 is 2.20 bits per heavy atom. The third-order valence-corrected chi connectivity index (χ3v) is 3.71. The lowest BCUT2D eigenvalue weighted by atomic mass is 10.4. The molecular weight excluding hydrogens is 206 g/mol. The molecule has 0 radical (unpaired) electrons. The van der Waals surface area contributed by atoms with Crippen molar-refractivity contribution in [3.8, 4) is 11.9 Å². The molecule has 0 N–H and O–H groups in total. The van der Waals surface area contributed by atoms with E-state index in [9.17, 15) is 0 Å². The van der Waals surface area contributed by atoms with Crippen molar-refractivity contribution >= 4 is 8.07 Å². The quantitative estimate of drug-likeness (QED) is 0.734. The summed E-state index contributed by atoms with van der Waals surface area (Å²) in [5.74, 6) is 0.457. The maximum absolute atomic E-state index is 8.82. The van der Waals surface area contributed by atoms with Crippen LogP contribution in [0.4, 0.5) is 0 Å². The maximum atomic E-state index is 8.82. The second-order valence-corrected chi connectivity index (χ2v) is 10.4. The first-order valence-corrected chi connectivity index (χ1v) is 8.69. The molecular formula is C10H17N3OSi. The number of nitrogens with zero attached hydrogens (tertiary/aromatic N) is 3. The standard InChI is InChI=1S/C10H17N3OSi/c1-13-8-9(7-11)10(12-13)14-5-6-15(2,3)4/h8H,5-6H2,1-4H3. The van der Waals surface area contributed by atoms with Crippen LogP contribution in [0, 0.1) is 11.3 Å². The van der Waals surface area contributed by atoms with Crippen LogP contribution in [-0.4, -0.2) is 24.5 Å². The number of aromatic nitrogens is 2. The Bertz CT molecular complexity index is 373. The second-order valence-electron chi connectivity index (χ2n) is 4.79. The molecule has 0 bridgehead atoms. The van der Waals surface area contributed by atoms with E-state index in [2.05, 4.69) is 30.8 Å². The molecule has 0 aliphatic rings. The molecule has 4 nitrogen and oxygen atoms in total. The molecule has 1 heterocycles. The summed E-state index contributed by atoms with van der Waals surface area (Å²) in [6.07, 6.45) is 1.67. The van der Waals surface area contributed by atoms with Crippen LogP contribution in [0.5, 0.6) is 5.88 Å². The lowest BCUT2D eigenvalue weighted by Crippen LogP contribution is -2.22. The number of hydrogen-bond donors (Lipinski definition) is 0. The van der Waals surface area contributed by atoms with Crippen molar-refractivity contribution in [1.82, 2.24) is 9.78 Å². The third kappa shape index (κ3) is 3.76. The number of aryl methyl sites for hydroxylation is 1. The van der Waals surface area contributed by atoms with E-state index in [1.807, 2.05) is 0 Å². The minimum Gasteiger partial charge on any atom is -0.476 e. The van der Waals surface area contributed by atoms with Gasteiger partial charge in [-0.2, -0.15) is 5.26 Å². The van der Waals surface area contributed by atoms with Crippen molar-refractivity contribution in [3.63, 3.8) is 0 Å². The van der Waals surface area contributed by atoms with Gasteiger partial charge in [0, 0.05) is 21.3 Å². The zero-order valence-corrected chi connectivity index (χ0v) is 10.7. The van der Waals surface area contributed by atoms with Crippen LogP contribution in [-0.2, 0) is 7.05 Å². The summed E-state index contributed by atoms with van der Waals surface area (Å²) in [5, 5.41) is 12.9. The summed E-state index contributed by atoms with van der Waals surface area (Å²) in [6.45, 7) is 7.53. The van der Waals surface area contributed by atoms with E-state index in [4.69, 9.17) is 10.00 Å². The van der Waals surface area contributed by atoms with E-state index < -0.39 is 8.07 Å². The Balaban J connectivity index is 2.55. The van der Waals surface area contributed by atoms with Crippen LogP contribution < -0.4 is 4.74 Å². The maximum Gasteiger partial charge on any atom is 0.250 e. The topological polar surface area (TPSA) is 50.8 Å².